The SMILES string of the molecule is O=C(c1ccsc1)N1CCCCC1c1nncn1Cc1ccccc1. The smallest absolute Gasteiger partial charge is 0.255 e. The van der Waals surface area contributed by atoms with Gasteiger partial charge in [-0.3, -0.25) is 4.79 Å². The molecule has 5 nitrogen and oxygen atoms in total. The number of hydrogen-bond donors (Lipinski definition) is 0. The largest absolute Gasteiger partial charge is 0.328 e. The van der Waals surface area contributed by atoms with E-state index in [0.29, 0.717) is 0 Å². The van der Waals surface area contributed by atoms with E-state index in [0.717, 1.165) is 43.7 Å². The zero-order valence-corrected chi connectivity index (χ0v) is 14.7. The lowest BCUT2D eigenvalue weighted by atomic mass is 10.0. The van der Waals surface area contributed by atoms with Crippen LogP contribution in [0.4, 0.5) is 0 Å². The number of aromatic nitrogens is 3. The summed E-state index contributed by atoms with van der Waals surface area (Å²) in [6.07, 6.45) is 4.85. The van der Waals surface area contributed by atoms with Gasteiger partial charge in [0.2, 0.25) is 0 Å². The molecule has 0 radical (unpaired) electrons. The molecule has 1 atom stereocenters. The Morgan fingerprint density at radius 2 is 2.08 bits per heavy atom. The predicted molar refractivity (Wildman–Crippen MR) is 97.5 cm³/mol. The van der Waals surface area contributed by atoms with Crippen molar-refractivity contribution in [2.45, 2.75) is 31.8 Å². The Hall–Kier alpha value is -2.47. The van der Waals surface area contributed by atoms with Gasteiger partial charge in [-0.05, 0) is 36.3 Å². The molecule has 1 saturated heterocycles. The minimum absolute atomic E-state index is 0.00707. The van der Waals surface area contributed by atoms with Crippen molar-refractivity contribution in [1.29, 1.82) is 0 Å². The minimum Gasteiger partial charge on any atom is -0.328 e. The lowest BCUT2D eigenvalue weighted by Crippen LogP contribution is -2.39. The molecule has 4 rings (SSSR count). The molecule has 1 aliphatic heterocycles. The number of carbonyl (C=O) groups is 1. The van der Waals surface area contributed by atoms with Gasteiger partial charge in [0, 0.05) is 11.9 Å². The highest BCUT2D eigenvalue weighted by molar-refractivity contribution is 7.08. The van der Waals surface area contributed by atoms with Crippen LogP contribution in [0.25, 0.3) is 0 Å². The van der Waals surface area contributed by atoms with E-state index in [2.05, 4.69) is 26.9 Å². The number of hydrogen-bond acceptors (Lipinski definition) is 4. The van der Waals surface area contributed by atoms with E-state index in [1.165, 1.54) is 5.56 Å². The van der Waals surface area contributed by atoms with E-state index in [1.807, 2.05) is 39.9 Å². The van der Waals surface area contributed by atoms with E-state index in [4.69, 9.17) is 0 Å². The fourth-order valence-corrected chi connectivity index (χ4v) is 4.05. The first-order valence-electron chi connectivity index (χ1n) is 8.58. The van der Waals surface area contributed by atoms with Gasteiger partial charge in [0.15, 0.2) is 5.82 Å². The van der Waals surface area contributed by atoms with Gasteiger partial charge in [-0.1, -0.05) is 30.3 Å². The van der Waals surface area contributed by atoms with Crippen LogP contribution in [-0.2, 0) is 6.54 Å². The van der Waals surface area contributed by atoms with Crippen LogP contribution < -0.4 is 0 Å². The first kappa shape index (κ1) is 16.0. The second kappa shape index (κ2) is 7.19. The van der Waals surface area contributed by atoms with E-state index < -0.39 is 0 Å². The fourth-order valence-electron chi connectivity index (χ4n) is 3.42. The predicted octanol–water partition coefficient (Wildman–Crippen LogP) is 3.76. The average molecular weight is 352 g/mol. The summed E-state index contributed by atoms with van der Waals surface area (Å²) in [5.74, 6) is 0.979. The van der Waals surface area contributed by atoms with E-state index in [1.54, 1.807) is 17.7 Å². The van der Waals surface area contributed by atoms with Crippen molar-refractivity contribution < 1.29 is 4.79 Å². The molecule has 0 N–H and O–H groups in total. The molecule has 1 fully saturated rings. The molecule has 1 unspecified atom stereocenters. The first-order valence-corrected chi connectivity index (χ1v) is 9.52. The third-order valence-corrected chi connectivity index (χ3v) is 5.35. The molecule has 128 valence electrons. The number of nitrogens with zero attached hydrogens (tertiary/aromatic N) is 4. The Kier molecular flexibility index (Phi) is 4.61. The van der Waals surface area contributed by atoms with E-state index >= 15 is 0 Å². The summed E-state index contributed by atoms with van der Waals surface area (Å²) in [6.45, 7) is 1.50. The van der Waals surface area contributed by atoms with Crippen LogP contribution in [0.2, 0.25) is 0 Å². The minimum atomic E-state index is -0.00707. The van der Waals surface area contributed by atoms with Gasteiger partial charge in [-0.15, -0.1) is 10.2 Å². The first-order chi connectivity index (χ1) is 12.3. The molecule has 0 saturated carbocycles. The van der Waals surface area contributed by atoms with Gasteiger partial charge in [0.25, 0.3) is 5.91 Å². The van der Waals surface area contributed by atoms with Crippen LogP contribution in [0.1, 0.15) is 47.1 Å². The summed E-state index contributed by atoms with van der Waals surface area (Å²) in [7, 11) is 0. The molecule has 2 aromatic heterocycles. The van der Waals surface area contributed by atoms with Crippen LogP contribution >= 0.6 is 11.3 Å². The summed E-state index contributed by atoms with van der Waals surface area (Å²) in [6, 6.07) is 12.2. The van der Waals surface area contributed by atoms with Gasteiger partial charge in [0.1, 0.15) is 6.33 Å². The van der Waals surface area contributed by atoms with Crippen molar-refractivity contribution in [3.05, 3.63) is 70.4 Å². The van der Waals surface area contributed by atoms with Gasteiger partial charge in [-0.25, -0.2) is 0 Å². The van der Waals surface area contributed by atoms with E-state index in [9.17, 15) is 4.79 Å². The summed E-state index contributed by atoms with van der Waals surface area (Å²) in [5.41, 5.74) is 1.97. The molecule has 3 aromatic rings. The summed E-state index contributed by atoms with van der Waals surface area (Å²) in [5, 5.41) is 12.4. The number of benzene rings is 1. The Bertz CT molecular complexity index is 828. The number of likely N-dealkylation sites (tertiary alicyclic amines) is 1. The van der Waals surface area contributed by atoms with Gasteiger partial charge < -0.3 is 9.47 Å². The van der Waals surface area contributed by atoms with Crippen molar-refractivity contribution in [3.8, 4) is 0 Å². The Balaban J connectivity index is 1.61. The topological polar surface area (TPSA) is 51.0 Å². The van der Waals surface area contributed by atoms with Crippen molar-refractivity contribution in [2.75, 3.05) is 6.54 Å². The lowest BCUT2D eigenvalue weighted by molar-refractivity contribution is 0.0595. The van der Waals surface area contributed by atoms with Gasteiger partial charge in [-0.2, -0.15) is 11.3 Å². The molecule has 6 heteroatoms. The third-order valence-electron chi connectivity index (χ3n) is 4.67. The van der Waals surface area contributed by atoms with Crippen LogP contribution in [0.3, 0.4) is 0 Å². The third kappa shape index (κ3) is 3.35. The van der Waals surface area contributed by atoms with Crippen LogP contribution in [0.5, 0.6) is 0 Å². The average Bonchev–Trinajstić information content (AvgIpc) is 3.34. The maximum Gasteiger partial charge on any atom is 0.255 e. The Morgan fingerprint density at radius 3 is 2.88 bits per heavy atom. The molecule has 0 aliphatic carbocycles. The second-order valence-corrected chi connectivity index (χ2v) is 7.10. The molecule has 1 amide bonds. The highest BCUT2D eigenvalue weighted by Gasteiger charge is 2.32. The lowest BCUT2D eigenvalue weighted by Gasteiger charge is -2.35. The van der Waals surface area contributed by atoms with Crippen LogP contribution in [-0.4, -0.2) is 32.1 Å². The number of carbonyl (C=O) groups excluding carboxylic acids is 1. The molecule has 1 aliphatic rings. The summed E-state index contributed by atoms with van der Waals surface area (Å²) < 4.78 is 2.07. The second-order valence-electron chi connectivity index (χ2n) is 6.32. The zero-order valence-electron chi connectivity index (χ0n) is 13.9. The number of rotatable bonds is 4. The van der Waals surface area contributed by atoms with Crippen molar-refractivity contribution in [3.63, 3.8) is 0 Å². The monoisotopic (exact) mass is 352 g/mol. The molecular weight excluding hydrogens is 332 g/mol. The van der Waals surface area contributed by atoms with Gasteiger partial charge >= 0.3 is 0 Å². The molecule has 3 heterocycles. The fraction of sp³-hybridized carbons (Fsp3) is 0.316. The van der Waals surface area contributed by atoms with Crippen LogP contribution in [0, 0.1) is 0 Å². The van der Waals surface area contributed by atoms with Crippen molar-refractivity contribution in [2.24, 2.45) is 0 Å². The van der Waals surface area contributed by atoms with Crippen LogP contribution in [0.15, 0.2) is 53.5 Å². The molecule has 0 spiro atoms. The number of amides is 1. The maximum absolute atomic E-state index is 12.9. The molecular formula is C19H20N4OS. The quantitative estimate of drug-likeness (QED) is 0.718. The number of thiophene rings is 1. The summed E-state index contributed by atoms with van der Waals surface area (Å²) in [4.78, 5) is 14.9. The Morgan fingerprint density at radius 1 is 1.20 bits per heavy atom. The van der Waals surface area contributed by atoms with Gasteiger partial charge in [0.05, 0.1) is 18.2 Å². The highest BCUT2D eigenvalue weighted by Crippen LogP contribution is 2.31. The Labute approximate surface area is 150 Å². The molecule has 1 aromatic carbocycles. The maximum atomic E-state index is 12.9. The normalized spacial score (nSPS) is 17.6. The highest BCUT2D eigenvalue weighted by atomic mass is 32.1. The van der Waals surface area contributed by atoms with E-state index in [-0.39, 0.29) is 11.9 Å². The van der Waals surface area contributed by atoms with Crippen molar-refractivity contribution in [1.82, 2.24) is 19.7 Å². The standard InChI is InChI=1S/C19H20N4OS/c24-19(16-9-11-25-13-16)23-10-5-4-8-17(23)18-21-20-14-22(18)12-15-6-2-1-3-7-15/h1-3,6-7,9,11,13-14,17H,4-5,8,10,12H2. The summed E-state index contributed by atoms with van der Waals surface area (Å²) >= 11 is 1.55. The van der Waals surface area contributed by atoms with Crippen molar-refractivity contribution >= 4 is 17.2 Å². The molecule has 0 bridgehead atoms. The zero-order chi connectivity index (χ0) is 17.1. The molecule has 25 heavy (non-hydrogen) atoms. The number of piperidine rings is 1.